The van der Waals surface area contributed by atoms with Gasteiger partial charge < -0.3 is 19.9 Å². The minimum atomic E-state index is -0.291. The van der Waals surface area contributed by atoms with E-state index in [1.165, 1.54) is 6.33 Å². The normalized spacial score (nSPS) is 15.9. The lowest BCUT2D eigenvalue weighted by Crippen LogP contribution is -2.32. The first-order chi connectivity index (χ1) is 12.7. The van der Waals surface area contributed by atoms with E-state index < -0.39 is 0 Å². The van der Waals surface area contributed by atoms with Crippen molar-refractivity contribution in [2.45, 2.75) is 0 Å². The van der Waals surface area contributed by atoms with Gasteiger partial charge in [-0.05, 0) is 24.3 Å². The summed E-state index contributed by atoms with van der Waals surface area (Å²) in [7, 11) is 0. The first kappa shape index (κ1) is 14.6. The summed E-state index contributed by atoms with van der Waals surface area (Å²) < 4.78 is 7.57. The molecule has 1 aliphatic carbocycles. The van der Waals surface area contributed by atoms with Gasteiger partial charge in [0.25, 0.3) is 5.91 Å². The highest BCUT2D eigenvalue weighted by Gasteiger charge is 2.29. The van der Waals surface area contributed by atoms with Crippen LogP contribution in [0.1, 0.15) is 10.4 Å². The van der Waals surface area contributed by atoms with Crippen molar-refractivity contribution < 1.29 is 9.53 Å². The first-order valence-electron chi connectivity index (χ1n) is 8.13. The maximum Gasteiger partial charge on any atom is 0.267 e. The zero-order valence-electron chi connectivity index (χ0n) is 13.7. The number of nitrogens with zero attached hydrogens (tertiary/aromatic N) is 5. The van der Waals surface area contributed by atoms with E-state index in [-0.39, 0.29) is 23.2 Å². The second-order valence-electron chi connectivity index (χ2n) is 5.99. The summed E-state index contributed by atoms with van der Waals surface area (Å²) in [6.45, 7) is 0.683. The number of aromatic nitrogens is 4. The van der Waals surface area contributed by atoms with Crippen molar-refractivity contribution >= 4 is 34.1 Å². The number of anilines is 2. The van der Waals surface area contributed by atoms with Crippen LogP contribution in [0, 0.1) is 0 Å². The Morgan fingerprint density at radius 2 is 2.12 bits per heavy atom. The Kier molecular flexibility index (Phi) is 3.05. The largest absolute Gasteiger partial charge is 0.475 e. The van der Waals surface area contributed by atoms with Gasteiger partial charge in [-0.1, -0.05) is 6.08 Å². The van der Waals surface area contributed by atoms with Crippen LogP contribution in [0.5, 0.6) is 5.88 Å². The smallest absolute Gasteiger partial charge is 0.267 e. The number of fused-ring (bicyclic) bond motifs is 2. The third-order valence-corrected chi connectivity index (χ3v) is 4.49. The molecule has 1 amide bonds. The lowest BCUT2D eigenvalue weighted by atomic mass is 10.2. The fraction of sp³-hybridized carbons (Fsp3) is 0.111. The maximum atomic E-state index is 13.0. The average Bonchev–Trinajstić information content (AvgIpc) is 2.91. The monoisotopic (exact) mass is 346 g/mol. The predicted molar refractivity (Wildman–Crippen MR) is 96.8 cm³/mol. The molecule has 0 fully saturated rings. The van der Waals surface area contributed by atoms with Gasteiger partial charge in [-0.15, -0.1) is 0 Å². The zero-order valence-corrected chi connectivity index (χ0v) is 13.7. The quantitative estimate of drug-likeness (QED) is 0.760. The fourth-order valence-electron chi connectivity index (χ4n) is 3.12. The number of allylic oxidation sites excluding steroid dienone is 4. The molecule has 8 heteroatoms. The Balaban J connectivity index is 1.57. The molecule has 8 nitrogen and oxygen atoms in total. The second kappa shape index (κ2) is 5.41. The number of carbonyl (C=O) groups is 1. The molecule has 0 atom stereocenters. The highest BCUT2D eigenvalue weighted by Crippen LogP contribution is 2.29. The number of nitrogen functional groups attached to an aromatic ring is 1. The molecule has 5 rings (SSSR count). The van der Waals surface area contributed by atoms with Crippen molar-refractivity contribution in [2.24, 2.45) is 0 Å². The summed E-state index contributed by atoms with van der Waals surface area (Å²) in [5.41, 5.74) is 8.67. The Morgan fingerprint density at radius 3 is 2.92 bits per heavy atom. The third kappa shape index (κ3) is 2.08. The average molecular weight is 346 g/mol. The number of rotatable bonds is 2. The van der Waals surface area contributed by atoms with Crippen LogP contribution in [0.4, 0.5) is 11.5 Å². The van der Waals surface area contributed by atoms with Crippen molar-refractivity contribution in [2.75, 3.05) is 23.8 Å². The summed E-state index contributed by atoms with van der Waals surface area (Å²) in [4.78, 5) is 27.1. The summed E-state index contributed by atoms with van der Waals surface area (Å²) in [6, 6.07) is 3.91. The van der Waals surface area contributed by atoms with E-state index in [2.05, 4.69) is 15.0 Å². The predicted octanol–water partition coefficient (Wildman–Crippen LogP) is 1.86. The van der Waals surface area contributed by atoms with Gasteiger partial charge in [0.05, 0.1) is 18.4 Å². The molecule has 0 saturated carbocycles. The van der Waals surface area contributed by atoms with Crippen molar-refractivity contribution in [1.29, 1.82) is 0 Å². The standard InChI is InChI=1S/C18H14N6O2/c19-15-14-17(22-10-21-15)26-7-6-24(18(14)25)13-8-11-4-5-23(12-2-1-3-12)16(11)20-9-13/h1-5,8-10H,6-7H2,(H2,19,21,22). The van der Waals surface area contributed by atoms with Crippen molar-refractivity contribution in [3.8, 4) is 5.88 Å². The van der Waals surface area contributed by atoms with E-state index in [0.717, 1.165) is 16.7 Å². The molecule has 128 valence electrons. The molecule has 2 N–H and O–H groups in total. The van der Waals surface area contributed by atoms with Crippen LogP contribution in [0.2, 0.25) is 0 Å². The summed E-state index contributed by atoms with van der Waals surface area (Å²) >= 11 is 0. The lowest BCUT2D eigenvalue weighted by Gasteiger charge is -2.20. The van der Waals surface area contributed by atoms with Crippen molar-refractivity contribution in [3.63, 3.8) is 0 Å². The molecule has 0 spiro atoms. The minimum Gasteiger partial charge on any atom is -0.475 e. The molecular formula is C18H14N6O2. The van der Waals surface area contributed by atoms with Crippen LogP contribution < -0.4 is 15.4 Å². The minimum absolute atomic E-state index is 0.107. The summed E-state index contributed by atoms with van der Waals surface area (Å²) in [5, 5.41) is 0.944. The van der Waals surface area contributed by atoms with Crippen LogP contribution >= 0.6 is 0 Å². The molecule has 2 aliphatic rings. The SMILES string of the molecule is Nc1ncnc2c1C(=O)N(c1cnc3c(ccn3C3=CC=C3)c1)CCO2. The zero-order chi connectivity index (χ0) is 17.7. The Hall–Kier alpha value is -3.68. The van der Waals surface area contributed by atoms with E-state index in [4.69, 9.17) is 10.5 Å². The van der Waals surface area contributed by atoms with Gasteiger partial charge in [0.1, 0.15) is 30.0 Å². The molecule has 0 bridgehead atoms. The van der Waals surface area contributed by atoms with Crippen LogP contribution in [0.25, 0.3) is 16.7 Å². The summed E-state index contributed by atoms with van der Waals surface area (Å²) in [5.74, 6) is 0.0329. The van der Waals surface area contributed by atoms with Gasteiger partial charge in [-0.3, -0.25) is 4.79 Å². The number of hydrogen-bond acceptors (Lipinski definition) is 6. The van der Waals surface area contributed by atoms with Gasteiger partial charge in [0.2, 0.25) is 5.88 Å². The molecular weight excluding hydrogens is 332 g/mol. The van der Waals surface area contributed by atoms with Crippen molar-refractivity contribution in [1.82, 2.24) is 19.5 Å². The second-order valence-corrected chi connectivity index (χ2v) is 5.99. The van der Waals surface area contributed by atoms with Crippen LogP contribution in [0.15, 0.2) is 49.1 Å². The number of ether oxygens (including phenoxy) is 1. The Labute approximate surface area is 148 Å². The summed E-state index contributed by atoms with van der Waals surface area (Å²) in [6.07, 6.45) is 11.0. The van der Waals surface area contributed by atoms with Gasteiger partial charge in [-0.25, -0.2) is 15.0 Å². The topological polar surface area (TPSA) is 99.2 Å². The van der Waals surface area contributed by atoms with Gasteiger partial charge >= 0.3 is 0 Å². The number of pyridine rings is 1. The molecule has 4 heterocycles. The number of carbonyl (C=O) groups excluding carboxylic acids is 1. The van der Waals surface area contributed by atoms with Gasteiger partial charge in [-0.2, -0.15) is 0 Å². The fourth-order valence-corrected chi connectivity index (χ4v) is 3.12. The number of amides is 1. The number of nitrogens with two attached hydrogens (primary N) is 1. The Morgan fingerprint density at radius 1 is 1.23 bits per heavy atom. The molecule has 0 aromatic carbocycles. The molecule has 0 unspecified atom stereocenters. The van der Waals surface area contributed by atoms with E-state index in [1.807, 2.05) is 41.1 Å². The first-order valence-corrected chi connectivity index (χ1v) is 8.13. The lowest BCUT2D eigenvalue weighted by molar-refractivity contribution is 0.0990. The van der Waals surface area contributed by atoms with E-state index in [9.17, 15) is 4.79 Å². The molecule has 3 aromatic heterocycles. The Bertz CT molecular complexity index is 1110. The van der Waals surface area contributed by atoms with Crippen molar-refractivity contribution in [3.05, 3.63) is 54.6 Å². The molecule has 3 aromatic rings. The molecule has 0 radical (unpaired) electrons. The maximum absolute atomic E-state index is 13.0. The third-order valence-electron chi connectivity index (χ3n) is 4.49. The van der Waals surface area contributed by atoms with E-state index >= 15 is 0 Å². The number of hydrogen-bond donors (Lipinski definition) is 1. The van der Waals surface area contributed by atoms with Gasteiger partial charge in [0, 0.05) is 17.3 Å². The van der Waals surface area contributed by atoms with Gasteiger partial charge in [0.15, 0.2) is 0 Å². The molecule has 26 heavy (non-hydrogen) atoms. The van der Waals surface area contributed by atoms with E-state index in [0.29, 0.717) is 18.8 Å². The van der Waals surface area contributed by atoms with Crippen LogP contribution in [-0.2, 0) is 0 Å². The molecule has 0 saturated heterocycles. The molecule has 1 aliphatic heterocycles. The van der Waals surface area contributed by atoms with E-state index in [1.54, 1.807) is 11.1 Å². The van der Waals surface area contributed by atoms with Crippen LogP contribution in [-0.4, -0.2) is 38.6 Å². The highest BCUT2D eigenvalue weighted by molar-refractivity contribution is 6.11. The highest BCUT2D eigenvalue weighted by atomic mass is 16.5. The van der Waals surface area contributed by atoms with Crippen LogP contribution in [0.3, 0.4) is 0 Å².